The molecule has 31 heavy (non-hydrogen) atoms. The van der Waals surface area contributed by atoms with E-state index in [4.69, 9.17) is 5.10 Å². The van der Waals surface area contributed by atoms with E-state index in [2.05, 4.69) is 74.6 Å². The maximum absolute atomic E-state index is 4.90. The zero-order chi connectivity index (χ0) is 20.8. The van der Waals surface area contributed by atoms with Crippen LogP contribution in [0.5, 0.6) is 0 Å². The van der Waals surface area contributed by atoms with Gasteiger partial charge in [0.15, 0.2) is 0 Å². The molecule has 7 heteroatoms. The van der Waals surface area contributed by atoms with Crippen LogP contribution in [-0.4, -0.2) is 72.6 Å². The Morgan fingerprint density at radius 2 is 1.87 bits per heavy atom. The predicted octanol–water partition coefficient (Wildman–Crippen LogP) is 4.08. The molecule has 3 saturated heterocycles. The fourth-order valence-corrected chi connectivity index (χ4v) is 10.6. The molecule has 3 fully saturated rings. The zero-order valence-corrected chi connectivity index (χ0v) is 21.0. The Labute approximate surface area is 195 Å². The number of hydrogen-bond donors (Lipinski definition) is 1. The van der Waals surface area contributed by atoms with Crippen LogP contribution in [0.1, 0.15) is 6.42 Å². The Bertz CT molecular complexity index is 1060. The van der Waals surface area contributed by atoms with E-state index in [1.807, 2.05) is 0 Å². The summed E-state index contributed by atoms with van der Waals surface area (Å²) in [5, 5.41) is 11.1. The molecule has 0 spiro atoms. The standard InChI is InChI=1S/C24H30IN5S/c1-31-24-21-9-8-19(14-22(21)30(27-24)18-6-3-2-4-7-18)29-15-20(16-29)28-13-12-26-23(17-28)25-10-5-11-25/h2-4,6-9,14,20,23,26H,5,10-13,15-17H2,1H3. The van der Waals surface area contributed by atoms with E-state index >= 15 is 0 Å². The minimum absolute atomic E-state index is 0.645. The van der Waals surface area contributed by atoms with Crippen molar-refractivity contribution >= 4 is 48.2 Å². The van der Waals surface area contributed by atoms with E-state index < -0.39 is 19.8 Å². The molecule has 3 aliphatic heterocycles. The van der Waals surface area contributed by atoms with Crippen molar-refractivity contribution in [2.45, 2.75) is 21.5 Å². The first-order valence-electron chi connectivity index (χ1n) is 11.2. The molecule has 164 valence electrons. The number of nitrogens with one attached hydrogen (secondary N) is 1. The Morgan fingerprint density at radius 1 is 1.03 bits per heavy atom. The Balaban J connectivity index is 1.20. The van der Waals surface area contributed by atoms with Crippen LogP contribution in [0.2, 0.25) is 0 Å². The van der Waals surface area contributed by atoms with Gasteiger partial charge in [0.25, 0.3) is 0 Å². The number of benzene rings is 2. The summed E-state index contributed by atoms with van der Waals surface area (Å²) in [7, 11) is 0. The van der Waals surface area contributed by atoms with Crippen molar-refractivity contribution in [1.29, 1.82) is 0 Å². The van der Waals surface area contributed by atoms with Gasteiger partial charge in [-0.05, 0) is 6.26 Å². The molecule has 0 amide bonds. The van der Waals surface area contributed by atoms with E-state index in [1.165, 1.54) is 42.6 Å². The third-order valence-corrected chi connectivity index (χ3v) is 14.8. The summed E-state index contributed by atoms with van der Waals surface area (Å²) in [4.78, 5) is 5.33. The molecule has 2 aromatic carbocycles. The quantitative estimate of drug-likeness (QED) is 0.226. The summed E-state index contributed by atoms with van der Waals surface area (Å²) >= 11 is 1.08. The maximum atomic E-state index is 4.90. The van der Waals surface area contributed by atoms with Gasteiger partial charge in [-0.15, -0.1) is 0 Å². The van der Waals surface area contributed by atoms with Gasteiger partial charge in [-0.25, -0.2) is 0 Å². The molecule has 1 N–H and O–H groups in total. The van der Waals surface area contributed by atoms with E-state index in [9.17, 15) is 0 Å². The first-order chi connectivity index (χ1) is 15.3. The van der Waals surface area contributed by atoms with Crippen LogP contribution < -0.4 is 10.2 Å². The van der Waals surface area contributed by atoms with Gasteiger partial charge < -0.3 is 0 Å². The van der Waals surface area contributed by atoms with Gasteiger partial charge in [0.2, 0.25) is 0 Å². The van der Waals surface area contributed by atoms with Gasteiger partial charge in [-0.3, -0.25) is 0 Å². The number of nitrogens with zero attached hydrogens (tertiary/aromatic N) is 4. The van der Waals surface area contributed by atoms with Crippen LogP contribution in [0.15, 0.2) is 53.6 Å². The second-order valence-corrected chi connectivity index (χ2v) is 16.0. The zero-order valence-electron chi connectivity index (χ0n) is 18.0. The minimum atomic E-state index is -0.645. The monoisotopic (exact) mass is 547 g/mol. The fourth-order valence-electron chi connectivity index (χ4n) is 4.90. The molecule has 3 aliphatic rings. The van der Waals surface area contributed by atoms with Crippen molar-refractivity contribution in [1.82, 2.24) is 20.0 Å². The van der Waals surface area contributed by atoms with Crippen LogP contribution in [0, 0.1) is 0 Å². The summed E-state index contributed by atoms with van der Waals surface area (Å²) in [6.45, 7) is 6.02. The number of fused-ring (bicyclic) bond motifs is 1. The fraction of sp³-hybridized carbons (Fsp3) is 0.458. The number of para-hydroxylation sites is 1. The van der Waals surface area contributed by atoms with Gasteiger partial charge in [-0.2, -0.15) is 0 Å². The Hall–Kier alpha value is -1.29. The molecule has 0 bridgehead atoms. The van der Waals surface area contributed by atoms with Crippen LogP contribution in [0.25, 0.3) is 16.6 Å². The summed E-state index contributed by atoms with van der Waals surface area (Å²) in [6.07, 6.45) is 3.61. The van der Waals surface area contributed by atoms with Gasteiger partial charge in [0.05, 0.1) is 0 Å². The second kappa shape index (κ2) is 8.57. The number of halogens is 1. The molecule has 0 radical (unpaired) electrons. The number of piperazine rings is 1. The number of rotatable bonds is 5. The topological polar surface area (TPSA) is 36.3 Å². The molecule has 5 nitrogen and oxygen atoms in total. The van der Waals surface area contributed by atoms with Crippen molar-refractivity contribution in [3.05, 3.63) is 48.5 Å². The first-order valence-corrected chi connectivity index (χ1v) is 16.8. The molecule has 0 aliphatic carbocycles. The summed E-state index contributed by atoms with van der Waals surface area (Å²) < 4.78 is 6.15. The number of aromatic nitrogens is 2. The van der Waals surface area contributed by atoms with Crippen molar-refractivity contribution in [3.8, 4) is 5.69 Å². The van der Waals surface area contributed by atoms with Gasteiger partial charge >= 0.3 is 172 Å². The molecular weight excluding hydrogens is 517 g/mol. The van der Waals surface area contributed by atoms with Crippen LogP contribution in [0.3, 0.4) is 0 Å². The number of anilines is 1. The van der Waals surface area contributed by atoms with E-state index in [1.54, 1.807) is 20.6 Å². The predicted molar refractivity (Wildman–Crippen MR) is 141 cm³/mol. The molecule has 1 atom stereocenters. The van der Waals surface area contributed by atoms with E-state index in [-0.39, 0.29) is 0 Å². The molecule has 6 rings (SSSR count). The molecule has 1 aromatic heterocycles. The van der Waals surface area contributed by atoms with Crippen LogP contribution >= 0.6 is 31.6 Å². The van der Waals surface area contributed by atoms with Crippen molar-refractivity contribution in [2.75, 3.05) is 52.7 Å². The molecule has 4 heterocycles. The normalized spacial score (nSPS) is 23.7. The first kappa shape index (κ1) is 20.3. The van der Waals surface area contributed by atoms with Crippen LogP contribution in [-0.2, 0) is 0 Å². The SMILES string of the molecule is CSc1nn(-c2ccccc2)c2cc(N3CC(N4CCNC(I5CCC5)C4)C3)ccc12. The third-order valence-electron chi connectivity index (χ3n) is 6.85. The third kappa shape index (κ3) is 3.77. The van der Waals surface area contributed by atoms with E-state index in [0.717, 1.165) is 33.9 Å². The molecule has 0 saturated carbocycles. The summed E-state index contributed by atoms with van der Waals surface area (Å²) in [5.74, 6) is 0. The Kier molecular flexibility index (Phi) is 5.62. The number of thioether (sulfide) groups is 1. The number of alkyl halides is 3. The van der Waals surface area contributed by atoms with Gasteiger partial charge in [-0.1, -0.05) is 18.2 Å². The van der Waals surface area contributed by atoms with Crippen molar-refractivity contribution in [2.24, 2.45) is 0 Å². The van der Waals surface area contributed by atoms with E-state index in [0.29, 0.717) is 0 Å². The summed E-state index contributed by atoms with van der Waals surface area (Å²) in [6, 6.07) is 18.1. The van der Waals surface area contributed by atoms with Crippen molar-refractivity contribution in [3.63, 3.8) is 0 Å². The van der Waals surface area contributed by atoms with Gasteiger partial charge in [0.1, 0.15) is 0 Å². The molecule has 3 aromatic rings. The van der Waals surface area contributed by atoms with Gasteiger partial charge in [0, 0.05) is 0 Å². The second-order valence-electron chi connectivity index (χ2n) is 8.66. The number of hydrogen-bond acceptors (Lipinski definition) is 5. The van der Waals surface area contributed by atoms with Crippen molar-refractivity contribution < 1.29 is 0 Å². The van der Waals surface area contributed by atoms with Crippen LogP contribution in [0.4, 0.5) is 5.69 Å². The molecule has 1 unspecified atom stereocenters. The average molecular weight is 548 g/mol. The average Bonchev–Trinajstić information content (AvgIpc) is 3.11. The Morgan fingerprint density at radius 3 is 2.61 bits per heavy atom. The summed E-state index contributed by atoms with van der Waals surface area (Å²) in [5.41, 5.74) is 3.66. The molecular formula is C24H30IN5S.